The Balaban J connectivity index is 5.00. The van der Waals surface area contributed by atoms with Crippen molar-refractivity contribution >= 4 is 24.6 Å². The Bertz CT molecular complexity index is 427. The van der Waals surface area contributed by atoms with Gasteiger partial charge in [0.1, 0.15) is 25.4 Å². The SMILES string of the molecule is CCC(C)(CC(C)(CS)C(=O)OCC(O)CNC)C(=O)OCC(O)CNC. The Labute approximate surface area is 167 Å². The normalized spacial score (nSPS) is 18.1. The highest BCUT2D eigenvalue weighted by Crippen LogP contribution is 2.39. The van der Waals surface area contributed by atoms with E-state index in [0.29, 0.717) is 19.5 Å². The number of hydrogen-bond acceptors (Lipinski definition) is 9. The van der Waals surface area contributed by atoms with Crippen LogP contribution in [-0.2, 0) is 19.1 Å². The van der Waals surface area contributed by atoms with E-state index in [-0.39, 0.29) is 25.4 Å². The van der Waals surface area contributed by atoms with Gasteiger partial charge < -0.3 is 30.3 Å². The number of hydrogen-bond donors (Lipinski definition) is 5. The third-order valence-corrected chi connectivity index (χ3v) is 5.29. The van der Waals surface area contributed by atoms with Gasteiger partial charge in [-0.15, -0.1) is 0 Å². The molecule has 0 aromatic heterocycles. The molecule has 4 atom stereocenters. The van der Waals surface area contributed by atoms with Crippen molar-refractivity contribution in [2.75, 3.05) is 46.2 Å². The third-order valence-electron chi connectivity index (χ3n) is 4.59. The van der Waals surface area contributed by atoms with Crippen LogP contribution in [0.2, 0.25) is 0 Å². The fourth-order valence-electron chi connectivity index (χ4n) is 2.68. The van der Waals surface area contributed by atoms with Gasteiger partial charge in [0.25, 0.3) is 0 Å². The standard InChI is InChI=1S/C18H36N2O6S/c1-6-17(2,15(23)25-9-13(21)7-19-4)11-18(3,12-27)16(24)26-10-14(22)8-20-5/h13-14,19-22,27H,6-12H2,1-5H3. The number of likely N-dealkylation sites (N-methyl/N-ethyl adjacent to an activating group) is 2. The summed E-state index contributed by atoms with van der Waals surface area (Å²) in [6.45, 7) is 5.62. The molecular formula is C18H36N2O6S. The summed E-state index contributed by atoms with van der Waals surface area (Å²) >= 11 is 4.28. The van der Waals surface area contributed by atoms with Crippen LogP contribution in [-0.4, -0.2) is 80.5 Å². The number of carbonyl (C=O) groups excluding carboxylic acids is 2. The van der Waals surface area contributed by atoms with Crippen LogP contribution in [0.1, 0.15) is 33.6 Å². The van der Waals surface area contributed by atoms with Gasteiger partial charge in [-0.25, -0.2) is 0 Å². The van der Waals surface area contributed by atoms with Crippen LogP contribution in [0.15, 0.2) is 0 Å². The average molecular weight is 409 g/mol. The molecule has 4 unspecified atom stereocenters. The Morgan fingerprint density at radius 2 is 1.37 bits per heavy atom. The van der Waals surface area contributed by atoms with Crippen LogP contribution in [0.4, 0.5) is 0 Å². The molecule has 0 aliphatic carbocycles. The van der Waals surface area contributed by atoms with Gasteiger partial charge in [0, 0.05) is 18.8 Å². The monoisotopic (exact) mass is 408 g/mol. The summed E-state index contributed by atoms with van der Waals surface area (Å²) in [5, 5.41) is 25.0. The number of aliphatic hydroxyl groups is 2. The topological polar surface area (TPSA) is 117 Å². The molecule has 4 N–H and O–H groups in total. The Morgan fingerprint density at radius 1 is 0.963 bits per heavy atom. The fraction of sp³-hybridized carbons (Fsp3) is 0.889. The van der Waals surface area contributed by atoms with E-state index in [1.807, 2.05) is 6.92 Å². The van der Waals surface area contributed by atoms with Crippen LogP contribution in [0.3, 0.4) is 0 Å². The molecule has 0 radical (unpaired) electrons. The van der Waals surface area contributed by atoms with E-state index < -0.39 is 35.0 Å². The first-order valence-corrected chi connectivity index (χ1v) is 9.82. The highest BCUT2D eigenvalue weighted by molar-refractivity contribution is 7.80. The molecule has 0 rings (SSSR count). The highest BCUT2D eigenvalue weighted by atomic mass is 32.1. The van der Waals surface area contributed by atoms with Gasteiger partial charge in [-0.05, 0) is 40.8 Å². The zero-order chi connectivity index (χ0) is 21.1. The van der Waals surface area contributed by atoms with Crippen LogP contribution >= 0.6 is 12.6 Å². The summed E-state index contributed by atoms with van der Waals surface area (Å²) < 4.78 is 10.5. The van der Waals surface area contributed by atoms with Gasteiger partial charge in [-0.3, -0.25) is 9.59 Å². The van der Waals surface area contributed by atoms with Crippen molar-refractivity contribution in [1.82, 2.24) is 10.6 Å². The van der Waals surface area contributed by atoms with Crippen LogP contribution in [0, 0.1) is 10.8 Å². The lowest BCUT2D eigenvalue weighted by atomic mass is 9.72. The minimum atomic E-state index is -1.02. The number of aliphatic hydroxyl groups excluding tert-OH is 2. The van der Waals surface area contributed by atoms with Crippen molar-refractivity contribution in [3.8, 4) is 0 Å². The molecule has 0 aliphatic heterocycles. The highest BCUT2D eigenvalue weighted by Gasteiger charge is 2.45. The summed E-state index contributed by atoms with van der Waals surface area (Å²) in [4.78, 5) is 25.2. The molecule has 0 saturated heterocycles. The lowest BCUT2D eigenvalue weighted by molar-refractivity contribution is -0.165. The number of rotatable bonds is 14. The molecular weight excluding hydrogens is 372 g/mol. The molecule has 0 heterocycles. The molecule has 0 fully saturated rings. The van der Waals surface area contributed by atoms with Crippen molar-refractivity contribution in [3.63, 3.8) is 0 Å². The zero-order valence-corrected chi connectivity index (χ0v) is 18.0. The Morgan fingerprint density at radius 3 is 1.70 bits per heavy atom. The first-order chi connectivity index (χ1) is 12.6. The van der Waals surface area contributed by atoms with Crippen molar-refractivity contribution in [2.24, 2.45) is 10.8 Å². The van der Waals surface area contributed by atoms with Gasteiger partial charge in [-0.2, -0.15) is 12.6 Å². The molecule has 9 heteroatoms. The van der Waals surface area contributed by atoms with Gasteiger partial charge in [0.2, 0.25) is 0 Å². The predicted octanol–water partition coefficient (Wildman–Crippen LogP) is -0.0241. The summed E-state index contributed by atoms with van der Waals surface area (Å²) in [6, 6.07) is 0. The maximum Gasteiger partial charge on any atom is 0.312 e. The predicted molar refractivity (Wildman–Crippen MR) is 107 cm³/mol. The van der Waals surface area contributed by atoms with Crippen LogP contribution in [0.5, 0.6) is 0 Å². The lowest BCUT2D eigenvalue weighted by Gasteiger charge is -2.35. The Kier molecular flexibility index (Phi) is 12.2. The first kappa shape index (κ1) is 26.1. The lowest BCUT2D eigenvalue weighted by Crippen LogP contribution is -2.43. The molecule has 0 aliphatic rings. The van der Waals surface area contributed by atoms with Crippen molar-refractivity contribution in [3.05, 3.63) is 0 Å². The number of esters is 2. The minimum Gasteiger partial charge on any atom is -0.462 e. The van der Waals surface area contributed by atoms with E-state index in [4.69, 9.17) is 9.47 Å². The Hall–Kier alpha value is -0.870. The maximum atomic E-state index is 12.6. The molecule has 160 valence electrons. The molecule has 0 aromatic rings. The van der Waals surface area contributed by atoms with E-state index in [1.54, 1.807) is 27.9 Å². The van der Waals surface area contributed by atoms with Gasteiger partial charge in [0.05, 0.1) is 10.8 Å². The van der Waals surface area contributed by atoms with E-state index in [9.17, 15) is 19.8 Å². The van der Waals surface area contributed by atoms with E-state index in [2.05, 4.69) is 23.3 Å². The second kappa shape index (κ2) is 12.6. The minimum absolute atomic E-state index is 0.118. The molecule has 0 bridgehead atoms. The molecule has 8 nitrogen and oxygen atoms in total. The van der Waals surface area contributed by atoms with E-state index in [0.717, 1.165) is 0 Å². The molecule has 0 spiro atoms. The molecule has 0 saturated carbocycles. The average Bonchev–Trinajstić information content (AvgIpc) is 2.64. The quantitative estimate of drug-likeness (QED) is 0.201. The molecule has 27 heavy (non-hydrogen) atoms. The number of thiol groups is 1. The van der Waals surface area contributed by atoms with E-state index in [1.165, 1.54) is 0 Å². The number of nitrogens with one attached hydrogen (secondary N) is 2. The smallest absolute Gasteiger partial charge is 0.312 e. The van der Waals surface area contributed by atoms with Crippen molar-refractivity contribution in [1.29, 1.82) is 0 Å². The van der Waals surface area contributed by atoms with E-state index >= 15 is 0 Å². The summed E-state index contributed by atoms with van der Waals surface area (Å²) in [5.74, 6) is -0.814. The number of ether oxygens (including phenoxy) is 2. The van der Waals surface area contributed by atoms with Gasteiger partial charge >= 0.3 is 11.9 Å². The van der Waals surface area contributed by atoms with Crippen molar-refractivity contribution < 1.29 is 29.3 Å². The van der Waals surface area contributed by atoms with Gasteiger partial charge in [-0.1, -0.05) is 6.92 Å². The summed E-state index contributed by atoms with van der Waals surface area (Å²) in [5.41, 5.74) is -1.95. The third kappa shape index (κ3) is 8.78. The zero-order valence-electron chi connectivity index (χ0n) is 17.1. The number of carbonyl (C=O) groups is 2. The second-order valence-electron chi connectivity index (χ2n) is 7.43. The van der Waals surface area contributed by atoms with Crippen LogP contribution < -0.4 is 10.6 Å². The van der Waals surface area contributed by atoms with Crippen molar-refractivity contribution in [2.45, 2.75) is 45.8 Å². The van der Waals surface area contributed by atoms with Crippen LogP contribution in [0.25, 0.3) is 0 Å². The largest absolute Gasteiger partial charge is 0.462 e. The first-order valence-electron chi connectivity index (χ1n) is 9.19. The second-order valence-corrected chi connectivity index (χ2v) is 7.75. The molecule has 0 amide bonds. The summed E-state index contributed by atoms with van der Waals surface area (Å²) in [6.07, 6.45) is -0.969. The van der Waals surface area contributed by atoms with Gasteiger partial charge in [0.15, 0.2) is 0 Å². The molecule has 0 aromatic carbocycles. The maximum absolute atomic E-state index is 12.6. The summed E-state index contributed by atoms with van der Waals surface area (Å²) in [7, 11) is 3.38. The fourth-order valence-corrected chi connectivity index (χ4v) is 2.92.